The maximum atomic E-state index is 14.5. The summed E-state index contributed by atoms with van der Waals surface area (Å²) in [7, 11) is -3.96. The number of likely N-dealkylation sites (tertiary alicyclic amines) is 1. The minimum absolute atomic E-state index is 0.0216. The first-order valence-corrected chi connectivity index (χ1v) is 19.7. The first-order chi connectivity index (χ1) is 25.2. The van der Waals surface area contributed by atoms with Gasteiger partial charge >= 0.3 is 12.3 Å². The number of benzene rings is 2. The van der Waals surface area contributed by atoms with Gasteiger partial charge in [-0.2, -0.15) is 13.2 Å². The fourth-order valence-electron chi connectivity index (χ4n) is 6.98. The number of alkyl halides is 3. The lowest BCUT2D eigenvalue weighted by Crippen LogP contribution is -2.58. The molecule has 4 amide bonds. The summed E-state index contributed by atoms with van der Waals surface area (Å²) < 4.78 is 74.2. The number of anilines is 1. The van der Waals surface area contributed by atoms with Crippen molar-refractivity contribution in [3.05, 3.63) is 75.8 Å². The second-order valence-corrected chi connectivity index (χ2v) is 17.8. The third kappa shape index (κ3) is 8.19. The number of hydrogen-bond donors (Lipinski definition) is 3. The lowest BCUT2D eigenvalue weighted by Gasteiger charge is -2.36. The normalized spacial score (nSPS) is 23.8. The summed E-state index contributed by atoms with van der Waals surface area (Å²) in [5, 5.41) is 5.46. The fraction of sp³-hybridized carbons (Fsp3) is 0.514. The first kappa shape index (κ1) is 39.4. The van der Waals surface area contributed by atoms with E-state index in [1.807, 2.05) is 13.0 Å². The van der Waals surface area contributed by atoms with Crippen LogP contribution in [0.25, 0.3) is 0 Å². The molecule has 2 aromatic rings. The van der Waals surface area contributed by atoms with E-state index in [1.54, 1.807) is 39.0 Å². The maximum absolute atomic E-state index is 14.5. The Labute approximate surface area is 316 Å². The van der Waals surface area contributed by atoms with Crippen molar-refractivity contribution in [1.29, 1.82) is 0 Å². The van der Waals surface area contributed by atoms with Gasteiger partial charge in [0, 0.05) is 30.1 Å². The van der Waals surface area contributed by atoms with Crippen LogP contribution >= 0.6 is 11.6 Å². The van der Waals surface area contributed by atoms with Gasteiger partial charge in [0.2, 0.25) is 21.8 Å². The number of carbonyl (C=O) groups is 4. The van der Waals surface area contributed by atoms with Crippen LogP contribution in [0.3, 0.4) is 0 Å². The summed E-state index contributed by atoms with van der Waals surface area (Å²) in [5.41, 5.74) is -1.35. The number of halogens is 4. The maximum Gasteiger partial charge on any atom is 0.416 e. The van der Waals surface area contributed by atoms with Crippen LogP contribution in [-0.4, -0.2) is 77.6 Å². The topological polar surface area (TPSA) is 154 Å². The van der Waals surface area contributed by atoms with Gasteiger partial charge in [-0.1, -0.05) is 63.6 Å². The smallest absolute Gasteiger partial charge is 0.416 e. The summed E-state index contributed by atoms with van der Waals surface area (Å²) in [6.07, 6.45) is -3.39. The molecule has 0 spiro atoms. The van der Waals surface area contributed by atoms with Gasteiger partial charge in [0.25, 0.3) is 5.91 Å². The number of nitrogens with zero attached hydrogens (tertiary/aromatic N) is 2. The van der Waals surface area contributed by atoms with Crippen molar-refractivity contribution in [3.63, 3.8) is 0 Å². The number of rotatable bonds is 10. The van der Waals surface area contributed by atoms with Crippen molar-refractivity contribution < 1.29 is 45.5 Å². The lowest BCUT2D eigenvalue weighted by molar-refractivity contribution is -0.141. The zero-order valence-electron chi connectivity index (χ0n) is 30.3. The van der Waals surface area contributed by atoms with Gasteiger partial charge in [0.1, 0.15) is 23.7 Å². The molecule has 0 aromatic heterocycles. The quantitative estimate of drug-likeness (QED) is 0.266. The van der Waals surface area contributed by atoms with Crippen LogP contribution in [0.4, 0.5) is 23.7 Å². The number of nitrogens with one attached hydrogen (secondary N) is 3. The van der Waals surface area contributed by atoms with Crippen molar-refractivity contribution in [1.82, 2.24) is 19.8 Å². The first-order valence-electron chi connectivity index (χ1n) is 17.8. The van der Waals surface area contributed by atoms with Crippen LogP contribution in [0.5, 0.6) is 0 Å². The molecular weight excluding hydrogens is 751 g/mol. The molecule has 4 atom stereocenters. The van der Waals surface area contributed by atoms with E-state index in [0.717, 1.165) is 23.3 Å². The Morgan fingerprint density at radius 1 is 1.07 bits per heavy atom. The highest BCUT2D eigenvalue weighted by Gasteiger charge is 2.59. The molecule has 0 radical (unpaired) electrons. The number of sulfonamides is 1. The van der Waals surface area contributed by atoms with E-state index in [-0.39, 0.29) is 38.2 Å². The van der Waals surface area contributed by atoms with Gasteiger partial charge in [-0.25, -0.2) is 13.2 Å². The summed E-state index contributed by atoms with van der Waals surface area (Å²) in [4.78, 5) is 58.5. The minimum Gasteiger partial charge on any atom is -0.444 e. The Balaban J connectivity index is 1.27. The molecule has 3 fully saturated rings. The Hall–Kier alpha value is -4.31. The van der Waals surface area contributed by atoms with E-state index in [4.69, 9.17) is 16.3 Å². The third-order valence-electron chi connectivity index (χ3n) is 10.2. The van der Waals surface area contributed by atoms with Crippen LogP contribution < -0.4 is 15.4 Å². The summed E-state index contributed by atoms with van der Waals surface area (Å²) in [6.45, 7) is 7.13. The minimum atomic E-state index is -4.63. The molecule has 54 heavy (non-hydrogen) atoms. The van der Waals surface area contributed by atoms with E-state index in [9.17, 15) is 40.8 Å². The van der Waals surface area contributed by atoms with E-state index in [2.05, 4.69) is 15.4 Å². The highest BCUT2D eigenvalue weighted by Crippen LogP contribution is 2.45. The van der Waals surface area contributed by atoms with Crippen molar-refractivity contribution in [3.8, 4) is 0 Å². The average Bonchev–Trinajstić information content (AvgIpc) is 3.97. The molecule has 2 heterocycles. The SMILES string of the molecule is CC/C=C1\C[C@]1(NC(=O)[C@@H]1C[C@@H](OC(=O)N2Cc3cccc(Cl)c3C2)CN1C(=O)[C@@H](Nc1cccc(C(F)(F)F)c1)C(C)(C)C)C(=O)NS(=O)(=O)C1CC1. The van der Waals surface area contributed by atoms with Gasteiger partial charge in [-0.05, 0) is 65.6 Å². The number of ether oxygens (including phenoxy) is 1. The molecule has 2 aliphatic heterocycles. The monoisotopic (exact) mass is 793 g/mol. The van der Waals surface area contributed by atoms with Crippen molar-refractivity contribution in [2.24, 2.45) is 5.41 Å². The Kier molecular flexibility index (Phi) is 10.5. The number of hydrogen-bond acceptors (Lipinski definition) is 8. The second-order valence-electron chi connectivity index (χ2n) is 15.4. The summed E-state index contributed by atoms with van der Waals surface area (Å²) in [5.74, 6) is -2.35. The Bertz CT molecular complexity index is 2000. The number of fused-ring (bicyclic) bond motifs is 1. The molecule has 292 valence electrons. The van der Waals surface area contributed by atoms with E-state index >= 15 is 0 Å². The standard InChI is InChI=1S/C37H43ClF3N5O7S/c1-5-8-23-17-36(23,33(49)44-54(51,52)26-13-14-26)43-31(47)29-16-25(53-34(50)45-18-21-9-6-12-28(38)27(21)20-45)19-46(29)32(48)30(35(2,3)4)42-24-11-7-10-22(15-24)37(39,40)41/h6-12,15,25-26,29-30,42H,5,13-14,16-20H2,1-4H3,(H,43,47)(H,44,49)/b23-8+/t25-,29+,30-,36-/m1/s1. The third-order valence-corrected chi connectivity index (χ3v) is 12.3. The fourth-order valence-corrected chi connectivity index (χ4v) is 8.59. The van der Waals surface area contributed by atoms with E-state index in [1.165, 1.54) is 21.9 Å². The van der Waals surface area contributed by atoms with Crippen LogP contribution in [0.15, 0.2) is 54.1 Å². The van der Waals surface area contributed by atoms with Gasteiger partial charge in [-0.3, -0.25) is 24.0 Å². The molecule has 1 saturated heterocycles. The van der Waals surface area contributed by atoms with Crippen molar-refractivity contribution >= 4 is 51.1 Å². The molecule has 17 heteroatoms. The van der Waals surface area contributed by atoms with E-state index in [0.29, 0.717) is 29.9 Å². The summed E-state index contributed by atoms with van der Waals surface area (Å²) >= 11 is 6.34. The lowest BCUT2D eigenvalue weighted by atomic mass is 9.85. The number of amides is 4. The number of allylic oxidation sites excluding steroid dienone is 1. The molecule has 2 aliphatic carbocycles. The van der Waals surface area contributed by atoms with Gasteiger partial charge in [0.05, 0.1) is 23.9 Å². The molecule has 12 nitrogen and oxygen atoms in total. The average molecular weight is 794 g/mol. The molecule has 0 bridgehead atoms. The Morgan fingerprint density at radius 2 is 1.78 bits per heavy atom. The molecular formula is C37H43ClF3N5O7S. The largest absolute Gasteiger partial charge is 0.444 e. The molecule has 2 aromatic carbocycles. The van der Waals surface area contributed by atoms with Gasteiger partial charge in [0.15, 0.2) is 0 Å². The highest BCUT2D eigenvalue weighted by molar-refractivity contribution is 7.91. The summed E-state index contributed by atoms with van der Waals surface area (Å²) in [6, 6.07) is 7.26. The number of carbonyl (C=O) groups excluding carboxylic acids is 4. The molecule has 4 aliphatic rings. The molecule has 6 rings (SSSR count). The second kappa shape index (κ2) is 14.4. The van der Waals surface area contributed by atoms with Crippen LogP contribution in [0, 0.1) is 5.41 Å². The van der Waals surface area contributed by atoms with Crippen LogP contribution in [0.1, 0.15) is 76.5 Å². The Morgan fingerprint density at radius 3 is 2.41 bits per heavy atom. The van der Waals surface area contributed by atoms with Crippen molar-refractivity contribution in [2.45, 2.75) is 108 Å². The zero-order chi connectivity index (χ0) is 39.4. The predicted octanol–water partition coefficient (Wildman–Crippen LogP) is 5.51. The van der Waals surface area contributed by atoms with Gasteiger partial charge in [-0.15, -0.1) is 0 Å². The van der Waals surface area contributed by atoms with Gasteiger partial charge < -0.3 is 20.3 Å². The van der Waals surface area contributed by atoms with E-state index < -0.39 is 80.0 Å². The van der Waals surface area contributed by atoms with Crippen molar-refractivity contribution in [2.75, 3.05) is 11.9 Å². The van der Waals surface area contributed by atoms with Crippen LogP contribution in [-0.2, 0) is 48.4 Å². The molecule has 2 saturated carbocycles. The predicted molar refractivity (Wildman–Crippen MR) is 193 cm³/mol. The molecule has 0 unspecified atom stereocenters. The molecule has 3 N–H and O–H groups in total. The van der Waals surface area contributed by atoms with Crippen LogP contribution in [0.2, 0.25) is 5.02 Å². The highest BCUT2D eigenvalue weighted by atomic mass is 35.5. The zero-order valence-corrected chi connectivity index (χ0v) is 31.8.